The van der Waals surface area contributed by atoms with Gasteiger partial charge in [-0.3, -0.25) is 14.4 Å². The lowest BCUT2D eigenvalue weighted by Gasteiger charge is -2.32. The summed E-state index contributed by atoms with van der Waals surface area (Å²) >= 11 is 0. The highest BCUT2D eigenvalue weighted by Gasteiger charge is 2.66. The number of aliphatic hydroxyl groups is 1. The van der Waals surface area contributed by atoms with E-state index in [0.29, 0.717) is 28.3 Å². The maximum absolute atomic E-state index is 16.4. The minimum absolute atomic E-state index is 0.0920. The molecule has 2 aliphatic rings. The summed E-state index contributed by atoms with van der Waals surface area (Å²) in [5.41, 5.74) is 0.264. The van der Waals surface area contributed by atoms with E-state index in [1.54, 1.807) is 54.5 Å². The summed E-state index contributed by atoms with van der Waals surface area (Å²) in [7, 11) is 1.55. The van der Waals surface area contributed by atoms with E-state index in [4.69, 9.17) is 9.47 Å². The largest absolute Gasteiger partial charge is 0.497 e. The van der Waals surface area contributed by atoms with Crippen LogP contribution in [-0.2, 0) is 33.0 Å². The highest BCUT2D eigenvalue weighted by Crippen LogP contribution is 2.59. The molecular weight excluding hydrogens is 649 g/mol. The molecule has 4 aromatic carbocycles. The zero-order chi connectivity index (χ0) is 36.3. The third-order valence-electron chi connectivity index (χ3n) is 10.1. The van der Waals surface area contributed by atoms with Crippen molar-refractivity contribution in [2.75, 3.05) is 30.5 Å². The summed E-state index contributed by atoms with van der Waals surface area (Å²) in [6.45, 7) is 5.08. The van der Waals surface area contributed by atoms with E-state index in [2.05, 4.69) is 5.32 Å². The quantitative estimate of drug-likeness (QED) is 0.176. The van der Waals surface area contributed by atoms with E-state index < -0.39 is 29.2 Å². The maximum atomic E-state index is 16.4. The van der Waals surface area contributed by atoms with Crippen LogP contribution in [-0.4, -0.2) is 59.8 Å². The number of anilines is 2. The van der Waals surface area contributed by atoms with Gasteiger partial charge in [0, 0.05) is 41.7 Å². The Kier molecular flexibility index (Phi) is 10.3. The second-order valence-electron chi connectivity index (χ2n) is 13.8. The molecule has 4 aromatic rings. The molecule has 2 heterocycles. The number of methoxy groups -OCH3 is 1. The first kappa shape index (κ1) is 35.8. The lowest BCUT2D eigenvalue weighted by molar-refractivity contribution is -0.150. The number of ether oxygens (including phenoxy) is 2. The molecule has 6 rings (SSSR count). The molecule has 0 radical (unpaired) electrons. The summed E-state index contributed by atoms with van der Waals surface area (Å²) < 4.78 is 28.4. The molecule has 1 spiro atoms. The average molecular weight is 694 g/mol. The highest BCUT2D eigenvalue weighted by atomic mass is 19.1. The van der Waals surface area contributed by atoms with E-state index in [-0.39, 0.29) is 50.4 Å². The molecule has 1 saturated heterocycles. The minimum Gasteiger partial charge on any atom is -0.497 e. The molecule has 0 aliphatic carbocycles. The highest BCUT2D eigenvalue weighted by molar-refractivity contribution is 6.09. The van der Waals surface area contributed by atoms with Crippen molar-refractivity contribution in [1.82, 2.24) is 4.90 Å². The smallest absolute Gasteiger partial charge is 0.264 e. The zero-order valence-electron chi connectivity index (χ0n) is 29.3. The van der Waals surface area contributed by atoms with E-state index in [1.807, 2.05) is 67.6 Å². The summed E-state index contributed by atoms with van der Waals surface area (Å²) in [5.74, 6) is -1.95. The van der Waals surface area contributed by atoms with Gasteiger partial charge in [-0.2, -0.15) is 0 Å². The van der Waals surface area contributed by atoms with Crippen LogP contribution in [0.4, 0.5) is 15.8 Å². The number of aliphatic hydroxyl groups excluding tert-OH is 1. The molecule has 9 nitrogen and oxygen atoms in total. The number of nitrogens with zero attached hydrogens (tertiary/aromatic N) is 2. The molecule has 0 bridgehead atoms. The van der Waals surface area contributed by atoms with E-state index in [9.17, 15) is 19.5 Å². The van der Waals surface area contributed by atoms with Crippen LogP contribution in [0.3, 0.4) is 0 Å². The fourth-order valence-electron chi connectivity index (χ4n) is 7.71. The molecule has 4 atom stereocenters. The average Bonchev–Trinajstić information content (AvgIpc) is 3.54. The van der Waals surface area contributed by atoms with Gasteiger partial charge < -0.3 is 29.7 Å². The molecule has 10 heteroatoms. The Bertz CT molecular complexity index is 1860. The van der Waals surface area contributed by atoms with Crippen LogP contribution in [0.2, 0.25) is 0 Å². The van der Waals surface area contributed by atoms with Gasteiger partial charge in [0.1, 0.15) is 11.4 Å². The molecule has 0 unspecified atom stereocenters. The van der Waals surface area contributed by atoms with Crippen LogP contribution in [0.25, 0.3) is 0 Å². The first-order chi connectivity index (χ1) is 24.5. The van der Waals surface area contributed by atoms with Crippen LogP contribution >= 0.6 is 0 Å². The molecule has 51 heavy (non-hydrogen) atoms. The van der Waals surface area contributed by atoms with E-state index in [0.717, 1.165) is 11.1 Å². The number of amides is 3. The van der Waals surface area contributed by atoms with Gasteiger partial charge in [0.25, 0.3) is 11.8 Å². The summed E-state index contributed by atoms with van der Waals surface area (Å²) in [4.78, 5) is 45.3. The van der Waals surface area contributed by atoms with Crippen LogP contribution < -0.4 is 15.0 Å². The van der Waals surface area contributed by atoms with Crippen molar-refractivity contribution in [1.29, 1.82) is 0 Å². The first-order valence-corrected chi connectivity index (χ1v) is 17.2. The van der Waals surface area contributed by atoms with Crippen molar-refractivity contribution < 1.29 is 33.4 Å². The fraction of sp³-hybridized carbons (Fsp3) is 0.341. The molecule has 2 aliphatic heterocycles. The molecule has 266 valence electrons. The predicted molar refractivity (Wildman–Crippen MR) is 193 cm³/mol. The first-order valence-electron chi connectivity index (χ1n) is 17.2. The molecule has 0 saturated carbocycles. The van der Waals surface area contributed by atoms with Gasteiger partial charge in [-0.05, 0) is 67.4 Å². The topological polar surface area (TPSA) is 108 Å². The van der Waals surface area contributed by atoms with Crippen molar-refractivity contribution >= 4 is 29.1 Å². The number of alkyl halides is 1. The Morgan fingerprint density at radius 2 is 1.63 bits per heavy atom. The van der Waals surface area contributed by atoms with Crippen molar-refractivity contribution in [2.45, 2.75) is 57.7 Å². The van der Waals surface area contributed by atoms with Gasteiger partial charge in [0.2, 0.25) is 5.91 Å². The van der Waals surface area contributed by atoms with Crippen molar-refractivity contribution in [3.63, 3.8) is 0 Å². The van der Waals surface area contributed by atoms with Gasteiger partial charge in [-0.25, -0.2) is 4.39 Å². The van der Waals surface area contributed by atoms with Gasteiger partial charge in [0.05, 0.1) is 38.5 Å². The Balaban J connectivity index is 1.37. The lowest BCUT2D eigenvalue weighted by atomic mass is 9.71. The van der Waals surface area contributed by atoms with Crippen LogP contribution in [0.5, 0.6) is 5.75 Å². The second kappa shape index (κ2) is 14.7. The molecule has 2 N–H and O–H groups in total. The molecular formula is C41H44FN3O6. The van der Waals surface area contributed by atoms with Crippen molar-refractivity contribution in [2.24, 2.45) is 11.8 Å². The standard InChI is InChI=1S/C41H44FN3O6/c1-27-37(40(2,3)42)35(24-36(47)44(21-22-46)25-28-11-7-5-8-12-28)51-41(27)33-23-31(43-38(48)30-15-18-32(50-4)19-16-30)17-20-34(33)45(39(41)49)26-29-13-9-6-10-14-29/h5-20,23,27,35,37,46H,21-22,24-26H2,1-4H3,(H,43,48)/t27-,35+,37-,41+/m0/s1. The SMILES string of the molecule is COc1ccc(C(=O)Nc2ccc3c(c2)[C@@]2(O[C@H](CC(=O)N(CCO)Cc4ccccc4)[C@@H](C(C)(C)F)[C@@H]2C)C(=O)N3Cc2ccccc2)cc1. The fourth-order valence-corrected chi connectivity index (χ4v) is 7.71. The van der Waals surface area contributed by atoms with Crippen LogP contribution in [0.1, 0.15) is 54.2 Å². The Morgan fingerprint density at radius 3 is 2.24 bits per heavy atom. The predicted octanol–water partition coefficient (Wildman–Crippen LogP) is 6.50. The van der Waals surface area contributed by atoms with Crippen molar-refractivity contribution in [3.05, 3.63) is 125 Å². The third kappa shape index (κ3) is 7.11. The van der Waals surface area contributed by atoms with Crippen LogP contribution in [0, 0.1) is 11.8 Å². The Labute approximate surface area is 298 Å². The number of carbonyl (C=O) groups excluding carboxylic acids is 3. The minimum atomic E-state index is -1.83. The number of hydrogen-bond donors (Lipinski definition) is 2. The van der Waals surface area contributed by atoms with Crippen molar-refractivity contribution in [3.8, 4) is 5.75 Å². The number of rotatable bonds is 12. The maximum Gasteiger partial charge on any atom is 0.264 e. The lowest BCUT2D eigenvalue weighted by Crippen LogP contribution is -2.45. The number of halogens is 1. The second-order valence-corrected chi connectivity index (χ2v) is 13.8. The van der Waals surface area contributed by atoms with E-state index >= 15 is 4.39 Å². The summed E-state index contributed by atoms with van der Waals surface area (Å²) in [6, 6.07) is 30.9. The number of hydrogen-bond acceptors (Lipinski definition) is 6. The molecule has 3 amide bonds. The number of carbonyl (C=O) groups is 3. The Morgan fingerprint density at radius 1 is 0.980 bits per heavy atom. The molecule has 1 fully saturated rings. The molecule has 0 aromatic heterocycles. The van der Waals surface area contributed by atoms with Crippen LogP contribution in [0.15, 0.2) is 103 Å². The van der Waals surface area contributed by atoms with Gasteiger partial charge >= 0.3 is 0 Å². The zero-order valence-corrected chi connectivity index (χ0v) is 29.3. The summed E-state index contributed by atoms with van der Waals surface area (Å²) in [6.07, 6.45) is -1.15. The number of benzene rings is 4. The third-order valence-corrected chi connectivity index (χ3v) is 10.1. The number of nitrogens with one attached hydrogen (secondary N) is 1. The number of fused-ring (bicyclic) bond motifs is 2. The summed E-state index contributed by atoms with van der Waals surface area (Å²) in [5, 5.41) is 12.8. The Hall–Kier alpha value is -5.06. The van der Waals surface area contributed by atoms with E-state index in [1.165, 1.54) is 18.7 Å². The normalized spacial score (nSPS) is 21.1. The van der Waals surface area contributed by atoms with Gasteiger partial charge in [0.15, 0.2) is 5.60 Å². The van der Waals surface area contributed by atoms with Gasteiger partial charge in [-0.15, -0.1) is 0 Å². The monoisotopic (exact) mass is 693 g/mol. The van der Waals surface area contributed by atoms with Gasteiger partial charge in [-0.1, -0.05) is 67.6 Å².